The molecule has 0 bridgehead atoms. The van der Waals surface area contributed by atoms with E-state index in [4.69, 9.17) is 17.2 Å². The Morgan fingerprint density at radius 3 is 1.33 bits per heavy atom. The molecule has 1 fully saturated rings. The van der Waals surface area contributed by atoms with Crippen LogP contribution in [0.25, 0.3) is 10.8 Å². The maximum Gasteiger partial charge on any atom is 0.305 e. The Morgan fingerprint density at radius 1 is 0.454 bits per heavy atom. The number of carbonyl (C=O) groups is 20. The molecule has 25 N–H and O–H groups in total. The van der Waals surface area contributed by atoms with Crippen LogP contribution in [-0.2, 0) is 109 Å². The summed E-state index contributed by atoms with van der Waals surface area (Å²) in [4.78, 5) is 276. The molecular weight excluding hydrogens is 1720 g/mol. The Balaban J connectivity index is 1.62. The molecule has 3 aromatic rings. The number of fused-ring (bicyclic) bond motifs is 1. The normalized spacial score (nSPS) is 16.6. The first-order valence-electron chi connectivity index (χ1n) is 42.2. The van der Waals surface area contributed by atoms with Gasteiger partial charge < -0.3 is 122 Å². The van der Waals surface area contributed by atoms with Crippen molar-refractivity contribution in [2.75, 3.05) is 46.0 Å². The summed E-state index contributed by atoms with van der Waals surface area (Å²) in [6.45, 7) is 14.7. The molecule has 45 heteroatoms. The van der Waals surface area contributed by atoms with Crippen molar-refractivity contribution >= 4 is 142 Å². The van der Waals surface area contributed by atoms with Crippen LogP contribution >= 0.6 is 12.6 Å². The number of benzene rings is 3. The Bertz CT molecular complexity index is 4570. The molecule has 0 aliphatic heterocycles. The van der Waals surface area contributed by atoms with E-state index in [1.165, 1.54) is 26.0 Å². The van der Waals surface area contributed by atoms with Crippen LogP contribution in [0.5, 0.6) is 0 Å². The summed E-state index contributed by atoms with van der Waals surface area (Å²) in [6.07, 6.45) is -5.40. The zero-order valence-electron chi connectivity index (χ0n) is 74.5. The maximum atomic E-state index is 14.8. The molecule has 3 aromatic carbocycles. The summed E-state index contributed by atoms with van der Waals surface area (Å²) < 4.78 is 0. The van der Waals surface area contributed by atoms with Crippen molar-refractivity contribution in [2.45, 2.75) is 243 Å². The number of nitrogens with two attached hydrogens (primary N) is 3. The molecule has 1 unspecified atom stereocenters. The molecule has 0 spiro atoms. The molecular formula is C85H125N19O25S. The fourth-order valence-electron chi connectivity index (χ4n) is 13.6. The van der Waals surface area contributed by atoms with E-state index in [0.29, 0.717) is 41.4 Å². The molecule has 1 aliphatic rings. The smallest absolute Gasteiger partial charge is 0.305 e. The number of nitrogens with zero attached hydrogens (tertiary/aromatic N) is 2. The minimum absolute atomic E-state index is 0.0276. The lowest BCUT2D eigenvalue weighted by atomic mass is 9.77. The van der Waals surface area contributed by atoms with E-state index in [1.54, 1.807) is 112 Å². The monoisotopic (exact) mass is 1840 g/mol. The van der Waals surface area contributed by atoms with E-state index in [2.05, 4.69) is 87.1 Å². The van der Waals surface area contributed by atoms with Crippen LogP contribution < -0.4 is 91.6 Å². The molecule has 0 radical (unpaired) electrons. The number of primary amides is 2. The van der Waals surface area contributed by atoms with E-state index in [1.807, 2.05) is 19.9 Å². The van der Waals surface area contributed by atoms with Crippen molar-refractivity contribution in [3.05, 3.63) is 95.6 Å². The highest BCUT2D eigenvalue weighted by Gasteiger charge is 2.43. The van der Waals surface area contributed by atoms with Crippen molar-refractivity contribution in [1.29, 1.82) is 0 Å². The minimum Gasteiger partial charge on any atom is -0.481 e. The molecule has 1 saturated carbocycles. The lowest BCUT2D eigenvalue weighted by Gasteiger charge is -2.36. The zero-order valence-corrected chi connectivity index (χ0v) is 75.4. The third-order valence-corrected chi connectivity index (χ3v) is 21.4. The van der Waals surface area contributed by atoms with Crippen molar-refractivity contribution in [2.24, 2.45) is 28.5 Å². The lowest BCUT2D eigenvalue weighted by molar-refractivity contribution is -0.143. The van der Waals surface area contributed by atoms with Gasteiger partial charge in [0.2, 0.25) is 94.5 Å². The number of rotatable bonds is 56. The first-order chi connectivity index (χ1) is 60.9. The van der Waals surface area contributed by atoms with Crippen LogP contribution in [0.2, 0.25) is 0 Å². The number of thiol groups is 1. The quantitative estimate of drug-likeness (QED) is 0.0186. The molecule has 0 aromatic heterocycles. The second kappa shape index (κ2) is 53.3. The molecule has 16 amide bonds. The van der Waals surface area contributed by atoms with Crippen LogP contribution in [0, 0.1) is 11.3 Å². The van der Waals surface area contributed by atoms with Crippen LogP contribution in [0.4, 0.5) is 0 Å². The largest absolute Gasteiger partial charge is 0.481 e. The highest BCUT2D eigenvalue weighted by Crippen LogP contribution is 2.32. The number of carboxylic acids is 4. The minimum atomic E-state index is -2.19. The van der Waals surface area contributed by atoms with Gasteiger partial charge in [-0.2, -0.15) is 12.6 Å². The van der Waals surface area contributed by atoms with Crippen molar-refractivity contribution in [3.63, 3.8) is 0 Å². The van der Waals surface area contributed by atoms with Gasteiger partial charge in [0.25, 0.3) is 0 Å². The molecule has 130 heavy (non-hydrogen) atoms. The third-order valence-electron chi connectivity index (χ3n) is 21.1. The number of likely N-dealkylation sites (N-methyl/N-ethyl adjacent to an activating group) is 2. The average Bonchev–Trinajstić information content (AvgIpc) is 0.807. The predicted octanol–water partition coefficient (Wildman–Crippen LogP) is -4.78. The summed E-state index contributed by atoms with van der Waals surface area (Å²) in [6, 6.07) is -5.75. The number of aliphatic hydroxyl groups is 1. The Hall–Kier alpha value is -12.8. The summed E-state index contributed by atoms with van der Waals surface area (Å²) in [7, 11) is 3.34. The first kappa shape index (κ1) is 110. The van der Waals surface area contributed by atoms with Gasteiger partial charge in [-0.15, -0.1) is 0 Å². The number of carboxylic acid groups (broad SMARTS) is 4. The maximum absolute atomic E-state index is 14.8. The molecule has 44 nitrogen and oxygen atoms in total. The Morgan fingerprint density at radius 2 is 0.862 bits per heavy atom. The van der Waals surface area contributed by atoms with Gasteiger partial charge in [-0.05, 0) is 120 Å². The van der Waals surface area contributed by atoms with Crippen molar-refractivity contribution in [3.8, 4) is 0 Å². The van der Waals surface area contributed by atoms with E-state index in [9.17, 15) is 121 Å². The van der Waals surface area contributed by atoms with E-state index in [0.717, 1.165) is 18.9 Å². The van der Waals surface area contributed by atoms with Crippen LogP contribution in [-0.4, -0.2) is 296 Å². The summed E-state index contributed by atoms with van der Waals surface area (Å²) in [5.74, 6) is -25.6. The molecule has 716 valence electrons. The first-order valence-corrected chi connectivity index (χ1v) is 42.9. The summed E-state index contributed by atoms with van der Waals surface area (Å²) >= 11 is 4.21. The van der Waals surface area contributed by atoms with Gasteiger partial charge in [-0.3, -0.25) is 101 Å². The number of aliphatic hydroxyl groups excluding tert-OH is 1. The fourth-order valence-corrected chi connectivity index (χ4v) is 13.8. The second-order valence-electron chi connectivity index (χ2n) is 33.2. The van der Waals surface area contributed by atoms with Gasteiger partial charge in [-0.25, -0.2) is 0 Å². The van der Waals surface area contributed by atoms with Crippen LogP contribution in [0.1, 0.15) is 144 Å². The number of hydrogen-bond acceptors (Lipinski definition) is 25. The van der Waals surface area contributed by atoms with Gasteiger partial charge in [0.05, 0.1) is 31.4 Å². The second-order valence-corrected chi connectivity index (χ2v) is 33.6. The predicted molar refractivity (Wildman–Crippen MR) is 472 cm³/mol. The molecule has 4 rings (SSSR count). The van der Waals surface area contributed by atoms with Gasteiger partial charge in [0.1, 0.15) is 84.6 Å². The SMILES string of the molecule is CC/C=C(\C)CN(C)C[C@H](NC(=O)[C@H](C)N)C(=O)N[C@H](C)C(=O)N[C@@H](CC(N)=O)C(=O)N[C@@H](CCC(=O)O)C(=O)N[C@@H](Cc1cccc2ccccc12)C(=O)N[C@H](C)C(=O)N[C@H](CS)C(=O)N[C@@H](CCC(=O)O)C(=O)N[C@@H](CC(=O)O)C(=O)N[C@@H](Cc1ccccc1)C(=O)N[C@@H](CC1CC[C@@H]1O)C(=O)N[C@@H](CC(=O)O)C(=O)N[C@H](C(=O)N[C@@H](CN(C)CC)C(N)=O)C(C)(C)C. The van der Waals surface area contributed by atoms with E-state index in [-0.39, 0.29) is 32.4 Å². The summed E-state index contributed by atoms with van der Waals surface area (Å²) in [5, 5.41) is 85.4. The number of aliphatic carboxylic acids is 4. The number of carbonyl (C=O) groups excluding carboxylic acids is 16. The van der Waals surface area contributed by atoms with Crippen molar-refractivity contribution < 1.29 is 121 Å². The number of amides is 16. The highest BCUT2D eigenvalue weighted by atomic mass is 32.1. The van der Waals surface area contributed by atoms with Crippen molar-refractivity contribution in [1.82, 2.24) is 84.2 Å². The van der Waals surface area contributed by atoms with E-state index >= 15 is 0 Å². The Kier molecular flexibility index (Phi) is 44.9. The van der Waals surface area contributed by atoms with Gasteiger partial charge in [-0.1, -0.05) is 119 Å². The topological polar surface area (TPSA) is 696 Å². The number of nitrogens with one attached hydrogen (secondary N) is 14. The Labute approximate surface area is 756 Å². The van der Waals surface area contributed by atoms with E-state index < -0.39 is 284 Å². The number of hydrogen-bond donors (Lipinski definition) is 23. The van der Waals surface area contributed by atoms with Gasteiger partial charge in [0.15, 0.2) is 0 Å². The molecule has 17 atom stereocenters. The fraction of sp³-hybridized carbons (Fsp3) is 0.553. The van der Waals surface area contributed by atoms with Crippen LogP contribution in [0.15, 0.2) is 84.4 Å². The average molecular weight is 1850 g/mol. The zero-order chi connectivity index (χ0) is 97.7. The lowest BCUT2D eigenvalue weighted by Crippen LogP contribution is -2.63. The van der Waals surface area contributed by atoms with Crippen LogP contribution in [0.3, 0.4) is 0 Å². The molecule has 1 aliphatic carbocycles. The molecule has 0 heterocycles. The van der Waals surface area contributed by atoms with Gasteiger partial charge >= 0.3 is 23.9 Å². The van der Waals surface area contributed by atoms with Gasteiger partial charge in [0, 0.05) is 51.1 Å². The standard InChI is InChI=1S/C85H125N19O25S/c1-12-20-43(3)39-104(11)41-61(100-71(116)44(4)86)82(127)90-45(5)72(117)93-57(36-64(87)106)79(124)91-52(28-31-65(107)108)74(119)95-55(34-49-25-19-24-48-23-17-18-26-51(48)49)76(121)89-46(6)73(118)101-62(42-130)83(128)92-53(29-32-66(109)110)75(120)97-58(37-67(111)112)80(125)94-54(33-47-21-15-14-16-22-47)77(122)96-56(35-50-27-30-63(50)105)78(123)98-59(38-68(113)114)81(126)102-69(85(7,8)9)84(129)99-60(70(88)115)40-103(10)13-2/h14-26,44-46,50,52-63,69,105,130H,12-13,27-42,86H2,1-11H3,(H2,87,106)(H2,88,115)(H,89,121)(H,90,127)(H,91,124)(H,92,128)(H,93,117)(H,94,125)(H,95,119)(H,96,122)(H,97,120)(H,98,123)(H,99,129)(H,100,116)(H,101,118)(H,102,126)(H,107,108)(H,109,110)(H,111,112)(H,113,114)/b43-20+/t44-,45+,46+,50?,52-,53-,54-,55-,56-,57-,58-,59-,60-,61-,62+,63-,69+/m0/s1. The summed E-state index contributed by atoms with van der Waals surface area (Å²) in [5.41, 5.74) is 17.5. The molecule has 0 saturated heterocycles. The third kappa shape index (κ3) is 37.5. The number of allylic oxidation sites excluding steroid dienone is 1. The highest BCUT2D eigenvalue weighted by molar-refractivity contribution is 7.80.